The second-order valence-electron chi connectivity index (χ2n) is 4.02. The van der Waals surface area contributed by atoms with Gasteiger partial charge in [0.15, 0.2) is 0 Å². The summed E-state index contributed by atoms with van der Waals surface area (Å²) in [4.78, 5) is 11.9. The lowest BCUT2D eigenvalue weighted by molar-refractivity contribution is 0.0944. The molecule has 0 fully saturated rings. The first-order valence-corrected chi connectivity index (χ1v) is 6.55. The van der Waals surface area contributed by atoms with E-state index < -0.39 is 0 Å². The molecule has 0 radical (unpaired) electrons. The molecule has 0 unspecified atom stereocenters. The van der Waals surface area contributed by atoms with Crippen molar-refractivity contribution in [2.75, 3.05) is 0 Å². The Morgan fingerprint density at radius 3 is 2.63 bits per heavy atom. The Bertz CT molecular complexity index is 574. The number of hydrogen-bond donors (Lipinski definition) is 1. The summed E-state index contributed by atoms with van der Waals surface area (Å²) in [5, 5.41) is 11.7. The first kappa shape index (κ1) is 13.6. The predicted molar refractivity (Wildman–Crippen MR) is 72.0 cm³/mol. The molecule has 0 bridgehead atoms. The van der Waals surface area contributed by atoms with Crippen LogP contribution in [-0.4, -0.2) is 25.5 Å². The average Bonchev–Trinajstić information content (AvgIpc) is 3.02. The van der Waals surface area contributed by atoms with E-state index in [2.05, 4.69) is 15.5 Å². The normalized spacial score (nSPS) is 10.7. The molecule has 0 saturated carbocycles. The first-order valence-electron chi connectivity index (χ1n) is 6.17. The van der Waals surface area contributed by atoms with E-state index in [0.29, 0.717) is 23.0 Å². The summed E-state index contributed by atoms with van der Waals surface area (Å²) < 4.78 is 3.43. The zero-order valence-corrected chi connectivity index (χ0v) is 11.7. The Balaban J connectivity index is 1.97. The Morgan fingerprint density at radius 2 is 2.05 bits per heavy atom. The van der Waals surface area contributed by atoms with E-state index in [1.165, 1.54) is 0 Å². The van der Waals surface area contributed by atoms with Crippen LogP contribution in [0.5, 0.6) is 0 Å². The molecule has 2 aromatic rings. The molecule has 102 valence electrons. The summed E-state index contributed by atoms with van der Waals surface area (Å²) in [5.41, 5.74) is 1.06. The van der Waals surface area contributed by atoms with Gasteiger partial charge in [0.2, 0.25) is 0 Å². The van der Waals surface area contributed by atoms with Crippen molar-refractivity contribution < 1.29 is 4.79 Å². The van der Waals surface area contributed by atoms with Crippen LogP contribution in [-0.2, 0) is 19.6 Å². The summed E-state index contributed by atoms with van der Waals surface area (Å²) in [6.45, 7) is 5.72. The Kier molecular flexibility index (Phi) is 4.21. The van der Waals surface area contributed by atoms with E-state index in [9.17, 15) is 4.79 Å². The molecule has 2 heterocycles. The lowest BCUT2D eigenvalue weighted by Crippen LogP contribution is -2.24. The summed E-state index contributed by atoms with van der Waals surface area (Å²) in [6.07, 6.45) is 3.52. The fourth-order valence-electron chi connectivity index (χ4n) is 1.63. The van der Waals surface area contributed by atoms with Crippen LogP contribution in [0.4, 0.5) is 0 Å². The average molecular weight is 282 g/mol. The van der Waals surface area contributed by atoms with Gasteiger partial charge in [0.25, 0.3) is 5.91 Å². The molecule has 2 aromatic heterocycles. The van der Waals surface area contributed by atoms with Crippen molar-refractivity contribution >= 4 is 17.5 Å². The number of amides is 1. The third-order valence-corrected chi connectivity index (χ3v) is 3.04. The molecule has 0 aromatic carbocycles. The number of hydrogen-bond acceptors (Lipinski definition) is 3. The summed E-state index contributed by atoms with van der Waals surface area (Å²) in [7, 11) is 0. The van der Waals surface area contributed by atoms with Crippen LogP contribution in [0.1, 0.15) is 30.0 Å². The molecule has 6 nitrogen and oxygen atoms in total. The lowest BCUT2D eigenvalue weighted by Gasteiger charge is -2.01. The Morgan fingerprint density at radius 1 is 1.32 bits per heavy atom. The van der Waals surface area contributed by atoms with E-state index in [1.54, 1.807) is 27.8 Å². The molecular formula is C12H16ClN5O. The third-order valence-electron chi connectivity index (χ3n) is 2.72. The van der Waals surface area contributed by atoms with Gasteiger partial charge in [0, 0.05) is 25.5 Å². The van der Waals surface area contributed by atoms with Gasteiger partial charge in [0.05, 0.1) is 11.6 Å². The van der Waals surface area contributed by atoms with Crippen LogP contribution >= 0.6 is 11.6 Å². The van der Waals surface area contributed by atoms with Crippen molar-refractivity contribution in [1.82, 2.24) is 24.9 Å². The van der Waals surface area contributed by atoms with Crippen molar-refractivity contribution in [3.05, 3.63) is 34.9 Å². The van der Waals surface area contributed by atoms with Crippen LogP contribution < -0.4 is 5.32 Å². The van der Waals surface area contributed by atoms with E-state index in [1.807, 2.05) is 13.8 Å². The SMILES string of the molecule is CCn1ccc(C(=O)NCc2nn(CC)cc2Cl)n1. The first-order chi connectivity index (χ1) is 9.13. The number of aromatic nitrogens is 4. The zero-order chi connectivity index (χ0) is 13.8. The fourth-order valence-corrected chi connectivity index (χ4v) is 1.85. The molecule has 0 atom stereocenters. The molecule has 1 amide bonds. The van der Waals surface area contributed by atoms with Crippen molar-refractivity contribution in [3.63, 3.8) is 0 Å². The van der Waals surface area contributed by atoms with Gasteiger partial charge < -0.3 is 5.32 Å². The van der Waals surface area contributed by atoms with Crippen molar-refractivity contribution in [3.8, 4) is 0 Å². The molecule has 2 rings (SSSR count). The highest BCUT2D eigenvalue weighted by Crippen LogP contribution is 2.13. The monoisotopic (exact) mass is 281 g/mol. The number of aryl methyl sites for hydroxylation is 2. The number of nitrogens with one attached hydrogen (secondary N) is 1. The maximum absolute atomic E-state index is 11.9. The highest BCUT2D eigenvalue weighted by Gasteiger charge is 2.11. The van der Waals surface area contributed by atoms with Gasteiger partial charge in [0.1, 0.15) is 11.4 Å². The maximum atomic E-state index is 11.9. The van der Waals surface area contributed by atoms with Crippen LogP contribution in [0.2, 0.25) is 5.02 Å². The van der Waals surface area contributed by atoms with Crippen LogP contribution in [0.3, 0.4) is 0 Å². The number of nitrogens with zero attached hydrogens (tertiary/aromatic N) is 4. The fraction of sp³-hybridized carbons (Fsp3) is 0.417. The minimum Gasteiger partial charge on any atom is -0.345 e. The second-order valence-corrected chi connectivity index (χ2v) is 4.43. The number of halogens is 1. The lowest BCUT2D eigenvalue weighted by atomic mass is 10.4. The quantitative estimate of drug-likeness (QED) is 0.907. The van der Waals surface area contributed by atoms with Gasteiger partial charge in [-0.05, 0) is 19.9 Å². The van der Waals surface area contributed by atoms with Gasteiger partial charge in [-0.1, -0.05) is 11.6 Å². The van der Waals surface area contributed by atoms with E-state index in [-0.39, 0.29) is 5.91 Å². The molecule has 19 heavy (non-hydrogen) atoms. The molecule has 1 N–H and O–H groups in total. The van der Waals surface area contributed by atoms with Crippen molar-refractivity contribution in [1.29, 1.82) is 0 Å². The largest absolute Gasteiger partial charge is 0.345 e. The minimum absolute atomic E-state index is 0.227. The van der Waals surface area contributed by atoms with Crippen molar-refractivity contribution in [2.45, 2.75) is 33.5 Å². The van der Waals surface area contributed by atoms with E-state index >= 15 is 0 Å². The van der Waals surface area contributed by atoms with Gasteiger partial charge in [-0.3, -0.25) is 14.2 Å². The van der Waals surface area contributed by atoms with Crippen LogP contribution in [0.15, 0.2) is 18.5 Å². The van der Waals surface area contributed by atoms with Gasteiger partial charge in [-0.15, -0.1) is 0 Å². The van der Waals surface area contributed by atoms with E-state index in [0.717, 1.165) is 13.1 Å². The van der Waals surface area contributed by atoms with Crippen LogP contribution in [0, 0.1) is 0 Å². The zero-order valence-electron chi connectivity index (χ0n) is 10.9. The van der Waals surface area contributed by atoms with Gasteiger partial charge >= 0.3 is 0 Å². The third kappa shape index (κ3) is 3.14. The Labute approximate surface area is 116 Å². The van der Waals surface area contributed by atoms with Gasteiger partial charge in [-0.2, -0.15) is 10.2 Å². The van der Waals surface area contributed by atoms with Gasteiger partial charge in [-0.25, -0.2) is 0 Å². The maximum Gasteiger partial charge on any atom is 0.272 e. The topological polar surface area (TPSA) is 64.7 Å². The molecule has 7 heteroatoms. The Hall–Kier alpha value is -1.82. The summed E-state index contributed by atoms with van der Waals surface area (Å²) in [5.74, 6) is -0.227. The smallest absolute Gasteiger partial charge is 0.272 e. The predicted octanol–water partition coefficient (Wildman–Crippen LogP) is 1.70. The minimum atomic E-state index is -0.227. The highest BCUT2D eigenvalue weighted by molar-refractivity contribution is 6.31. The highest BCUT2D eigenvalue weighted by atomic mass is 35.5. The van der Waals surface area contributed by atoms with Crippen LogP contribution in [0.25, 0.3) is 0 Å². The number of carbonyl (C=O) groups is 1. The number of rotatable bonds is 5. The van der Waals surface area contributed by atoms with Crippen molar-refractivity contribution in [2.24, 2.45) is 0 Å². The molecule has 0 spiro atoms. The molecular weight excluding hydrogens is 266 g/mol. The summed E-state index contributed by atoms with van der Waals surface area (Å²) in [6, 6.07) is 1.69. The second kappa shape index (κ2) is 5.88. The number of carbonyl (C=O) groups excluding carboxylic acids is 1. The summed E-state index contributed by atoms with van der Waals surface area (Å²) >= 11 is 6.03. The molecule has 0 saturated heterocycles. The van der Waals surface area contributed by atoms with E-state index in [4.69, 9.17) is 11.6 Å². The standard InChI is InChI=1S/C12H16ClN5O/c1-3-17-6-5-10(15-17)12(19)14-7-11-9(13)8-18(4-2)16-11/h5-6,8H,3-4,7H2,1-2H3,(H,14,19). The molecule has 0 aliphatic carbocycles. The molecule has 0 aliphatic rings. The molecule has 0 aliphatic heterocycles.